The highest BCUT2D eigenvalue weighted by molar-refractivity contribution is 7.99. The van der Waals surface area contributed by atoms with E-state index in [1.165, 1.54) is 41.6 Å². The first-order chi connectivity index (χ1) is 15.4. The zero-order valence-electron chi connectivity index (χ0n) is 17.7. The molecule has 3 heterocycles. The maximum atomic E-state index is 13.9. The van der Waals surface area contributed by atoms with E-state index in [1.807, 2.05) is 0 Å². The fraction of sp³-hybridized carbons (Fsp3) is 0.440. The number of rotatable bonds is 2. The Morgan fingerprint density at radius 1 is 0.938 bits per heavy atom. The molecule has 3 aliphatic heterocycles. The minimum absolute atomic E-state index is 0.331. The molecule has 0 spiro atoms. The lowest BCUT2D eigenvalue weighted by Gasteiger charge is -2.35. The number of nitrogens with zero attached hydrogens (tertiary/aromatic N) is 1. The quantitative estimate of drug-likeness (QED) is 0.396. The minimum Gasteiger partial charge on any atom is -0.381 e. The number of halogens is 4. The normalized spacial score (nSPS) is 20.2. The zero-order valence-corrected chi connectivity index (χ0v) is 18.5. The Kier molecular flexibility index (Phi) is 6.07. The van der Waals surface area contributed by atoms with Gasteiger partial charge in [0, 0.05) is 42.6 Å². The maximum Gasteiger partial charge on any atom is 0.416 e. The van der Waals surface area contributed by atoms with Crippen molar-refractivity contribution in [1.29, 1.82) is 0 Å². The van der Waals surface area contributed by atoms with Gasteiger partial charge >= 0.3 is 6.18 Å². The molecule has 32 heavy (non-hydrogen) atoms. The Morgan fingerprint density at radius 3 is 2.41 bits per heavy atom. The van der Waals surface area contributed by atoms with E-state index in [0.717, 1.165) is 85.5 Å². The van der Waals surface area contributed by atoms with E-state index in [1.54, 1.807) is 6.07 Å². The summed E-state index contributed by atoms with van der Waals surface area (Å²) in [5.74, 6) is 0.324. The molecule has 5 rings (SSSR count). The molecule has 2 aromatic rings. The molecule has 0 aliphatic carbocycles. The lowest BCUT2D eigenvalue weighted by atomic mass is 9.87. The van der Waals surface area contributed by atoms with E-state index in [4.69, 9.17) is 4.74 Å². The van der Waals surface area contributed by atoms with Crippen LogP contribution in [0.4, 0.5) is 17.6 Å². The number of likely N-dealkylation sites (tertiary alicyclic amines) is 1. The number of fused-ring (bicyclic) bond motifs is 2. The molecule has 2 saturated heterocycles. The monoisotopic (exact) mass is 463 g/mol. The van der Waals surface area contributed by atoms with Crippen molar-refractivity contribution in [2.75, 3.05) is 32.8 Å². The predicted octanol–water partition coefficient (Wildman–Crippen LogP) is 6.63. The van der Waals surface area contributed by atoms with Gasteiger partial charge < -0.3 is 9.64 Å². The molecule has 0 bridgehead atoms. The van der Waals surface area contributed by atoms with E-state index in [0.29, 0.717) is 11.5 Å². The molecular formula is C25H25F4NOS. The average Bonchev–Trinajstić information content (AvgIpc) is 2.78. The summed E-state index contributed by atoms with van der Waals surface area (Å²) in [6, 6.07) is 8.52. The summed E-state index contributed by atoms with van der Waals surface area (Å²) in [6.45, 7) is 4.51. The van der Waals surface area contributed by atoms with E-state index in [9.17, 15) is 17.6 Å². The van der Waals surface area contributed by atoms with Crippen molar-refractivity contribution in [3.63, 3.8) is 0 Å². The third kappa shape index (κ3) is 4.47. The van der Waals surface area contributed by atoms with Gasteiger partial charge in [-0.25, -0.2) is 4.39 Å². The highest BCUT2D eigenvalue weighted by Gasteiger charge is 2.34. The molecule has 2 fully saturated rings. The fourth-order valence-electron chi connectivity index (χ4n) is 4.97. The number of benzene rings is 2. The molecule has 0 saturated carbocycles. The summed E-state index contributed by atoms with van der Waals surface area (Å²) in [5, 5.41) is 0. The summed E-state index contributed by atoms with van der Waals surface area (Å²) in [5.41, 5.74) is 2.86. The number of hydrogen-bond acceptors (Lipinski definition) is 3. The van der Waals surface area contributed by atoms with Crippen LogP contribution < -0.4 is 0 Å². The smallest absolute Gasteiger partial charge is 0.381 e. The van der Waals surface area contributed by atoms with Gasteiger partial charge in [-0.15, -0.1) is 0 Å². The van der Waals surface area contributed by atoms with Gasteiger partial charge in [0.2, 0.25) is 0 Å². The van der Waals surface area contributed by atoms with Crippen LogP contribution in [0.1, 0.15) is 42.4 Å². The summed E-state index contributed by atoms with van der Waals surface area (Å²) in [4.78, 5) is 3.99. The lowest BCUT2D eigenvalue weighted by Crippen LogP contribution is -2.37. The fourth-order valence-corrected chi connectivity index (χ4v) is 6.07. The largest absolute Gasteiger partial charge is 0.416 e. The SMILES string of the molecule is Fc1ccc2c(c1)Sc1ccc(C(F)(F)F)cc1C2=C1CCN(CC2CCOCC2)CC1. The molecule has 2 nitrogen and oxygen atoms in total. The van der Waals surface area contributed by atoms with Crippen LogP contribution in [0.3, 0.4) is 0 Å². The first-order valence-corrected chi connectivity index (χ1v) is 11.9. The van der Waals surface area contributed by atoms with Crippen molar-refractivity contribution >= 4 is 17.3 Å². The van der Waals surface area contributed by atoms with Gasteiger partial charge in [0.1, 0.15) is 5.82 Å². The lowest BCUT2D eigenvalue weighted by molar-refractivity contribution is -0.137. The molecule has 0 atom stereocenters. The van der Waals surface area contributed by atoms with Gasteiger partial charge in [-0.05, 0) is 78.6 Å². The van der Waals surface area contributed by atoms with E-state index >= 15 is 0 Å². The van der Waals surface area contributed by atoms with Crippen LogP contribution in [0, 0.1) is 11.7 Å². The standard InChI is InChI=1S/C25H25F4NOS/c26-19-2-3-20-23(14-19)32-22-4-1-18(25(27,28)29)13-21(22)24(20)17-5-9-30(10-6-17)15-16-7-11-31-12-8-16/h1-4,13-14,16H,5-12,15H2. The van der Waals surface area contributed by atoms with Crippen LogP contribution in [0.25, 0.3) is 5.57 Å². The summed E-state index contributed by atoms with van der Waals surface area (Å²) < 4.78 is 59.8. The van der Waals surface area contributed by atoms with Crippen LogP contribution in [0.5, 0.6) is 0 Å². The Hall–Kier alpha value is -1.83. The molecule has 0 amide bonds. The van der Waals surface area contributed by atoms with Gasteiger partial charge in [-0.1, -0.05) is 23.4 Å². The van der Waals surface area contributed by atoms with Crippen molar-refractivity contribution in [3.8, 4) is 0 Å². The van der Waals surface area contributed by atoms with E-state index in [-0.39, 0.29) is 5.82 Å². The van der Waals surface area contributed by atoms with Crippen LogP contribution in [0.2, 0.25) is 0 Å². The summed E-state index contributed by atoms with van der Waals surface area (Å²) in [6.07, 6.45) is -0.584. The minimum atomic E-state index is -4.40. The molecule has 7 heteroatoms. The average molecular weight is 464 g/mol. The first-order valence-electron chi connectivity index (χ1n) is 11.1. The number of hydrogen-bond donors (Lipinski definition) is 0. The number of alkyl halides is 3. The molecule has 0 aromatic heterocycles. The van der Waals surface area contributed by atoms with Crippen LogP contribution in [-0.4, -0.2) is 37.7 Å². The molecular weight excluding hydrogens is 438 g/mol. The van der Waals surface area contributed by atoms with Gasteiger partial charge in [0.25, 0.3) is 0 Å². The Labute approximate surface area is 189 Å². The van der Waals surface area contributed by atoms with Gasteiger partial charge in [0.05, 0.1) is 5.56 Å². The van der Waals surface area contributed by atoms with Gasteiger partial charge in [-0.2, -0.15) is 13.2 Å². The number of piperidine rings is 1. The third-order valence-corrected chi connectivity index (χ3v) is 7.81. The zero-order chi connectivity index (χ0) is 22.3. The second-order valence-corrected chi connectivity index (χ2v) is 9.87. The molecule has 170 valence electrons. The topological polar surface area (TPSA) is 12.5 Å². The molecule has 0 N–H and O–H groups in total. The van der Waals surface area contributed by atoms with Gasteiger partial charge in [0.15, 0.2) is 0 Å². The van der Waals surface area contributed by atoms with Crippen molar-refractivity contribution in [1.82, 2.24) is 4.90 Å². The third-order valence-electron chi connectivity index (χ3n) is 6.68. The Bertz CT molecular complexity index is 1030. The Balaban J connectivity index is 1.48. The number of ether oxygens (including phenoxy) is 1. The summed E-state index contributed by atoms with van der Waals surface area (Å²) in [7, 11) is 0. The molecule has 0 unspecified atom stereocenters. The van der Waals surface area contributed by atoms with Crippen molar-refractivity contribution in [3.05, 3.63) is 64.5 Å². The van der Waals surface area contributed by atoms with Crippen molar-refractivity contribution in [2.45, 2.75) is 41.7 Å². The van der Waals surface area contributed by atoms with Gasteiger partial charge in [-0.3, -0.25) is 0 Å². The second-order valence-electron chi connectivity index (χ2n) is 8.79. The van der Waals surface area contributed by atoms with Crippen molar-refractivity contribution in [2.24, 2.45) is 5.92 Å². The molecule has 2 aromatic carbocycles. The Morgan fingerprint density at radius 2 is 1.69 bits per heavy atom. The second kappa shape index (κ2) is 8.84. The molecule has 0 radical (unpaired) electrons. The van der Waals surface area contributed by atoms with Crippen LogP contribution in [-0.2, 0) is 10.9 Å². The highest BCUT2D eigenvalue weighted by Crippen LogP contribution is 2.49. The predicted molar refractivity (Wildman–Crippen MR) is 117 cm³/mol. The summed E-state index contributed by atoms with van der Waals surface area (Å²) >= 11 is 1.34. The highest BCUT2D eigenvalue weighted by atomic mass is 32.2. The van der Waals surface area contributed by atoms with E-state index < -0.39 is 11.7 Å². The van der Waals surface area contributed by atoms with Crippen LogP contribution >= 0.6 is 11.8 Å². The van der Waals surface area contributed by atoms with E-state index in [2.05, 4.69) is 4.90 Å². The van der Waals surface area contributed by atoms with Crippen molar-refractivity contribution < 1.29 is 22.3 Å². The van der Waals surface area contributed by atoms with Crippen LogP contribution in [0.15, 0.2) is 51.8 Å². The molecule has 3 aliphatic rings. The maximum absolute atomic E-state index is 13.9. The first kappa shape index (κ1) is 22.0.